The zero-order valence-corrected chi connectivity index (χ0v) is 14.2. The monoisotopic (exact) mass is 391 g/mol. The summed E-state index contributed by atoms with van der Waals surface area (Å²) in [6, 6.07) is 6.44. The molecule has 6 atom stereocenters. The van der Waals surface area contributed by atoms with Gasteiger partial charge in [0.2, 0.25) is 0 Å². The van der Waals surface area contributed by atoms with Crippen LogP contribution in [-0.4, -0.2) is 52.4 Å². The van der Waals surface area contributed by atoms with Crippen molar-refractivity contribution in [2.45, 2.75) is 24.4 Å². The Labute approximate surface area is 156 Å². The molecule has 1 aromatic rings. The number of benzene rings is 1. The lowest BCUT2D eigenvalue weighted by Gasteiger charge is -2.32. The third kappa shape index (κ3) is 1.94. The summed E-state index contributed by atoms with van der Waals surface area (Å²) in [5.74, 6) is -4.65. The van der Waals surface area contributed by atoms with Crippen LogP contribution >= 0.6 is 0 Å². The van der Waals surface area contributed by atoms with Gasteiger partial charge in [-0.15, -0.1) is 0 Å². The van der Waals surface area contributed by atoms with Gasteiger partial charge in [0, 0.05) is 11.5 Å². The number of hydrogen-bond acceptors (Lipinski definition) is 7. The zero-order valence-electron chi connectivity index (χ0n) is 14.2. The highest BCUT2D eigenvalue weighted by molar-refractivity contribution is 5.95. The highest BCUT2D eigenvalue weighted by Gasteiger charge is 2.81. The minimum Gasteiger partial charge on any atom is -0.465 e. The molecule has 0 bridgehead atoms. The first-order chi connectivity index (χ1) is 13.4. The zero-order chi connectivity index (χ0) is 19.8. The third-order valence-corrected chi connectivity index (χ3v) is 6.11. The molecule has 10 heteroatoms. The van der Waals surface area contributed by atoms with Crippen molar-refractivity contribution < 1.29 is 42.9 Å². The molecule has 1 saturated heterocycles. The van der Waals surface area contributed by atoms with Crippen molar-refractivity contribution in [3.8, 4) is 0 Å². The molecule has 6 unspecified atom stereocenters. The van der Waals surface area contributed by atoms with Crippen LogP contribution < -0.4 is 0 Å². The lowest BCUT2D eigenvalue weighted by molar-refractivity contribution is -0.171. The number of hydrogen-bond donors (Lipinski definition) is 1. The number of halogens is 1. The summed E-state index contributed by atoms with van der Waals surface area (Å²) in [5, 5.41) is 9.36. The number of carbonyl (C=O) groups excluding carboxylic acids is 3. The van der Waals surface area contributed by atoms with Crippen LogP contribution in [-0.2, 0) is 23.8 Å². The van der Waals surface area contributed by atoms with Crippen molar-refractivity contribution in [3.05, 3.63) is 35.4 Å². The Morgan fingerprint density at radius 1 is 1.29 bits per heavy atom. The number of nitrogens with zero attached hydrogens (tertiary/aromatic N) is 1. The van der Waals surface area contributed by atoms with Gasteiger partial charge >= 0.3 is 24.0 Å². The summed E-state index contributed by atoms with van der Waals surface area (Å²) in [7, 11) is 0. The number of cyclic esters (lactones) is 2. The van der Waals surface area contributed by atoms with Crippen LogP contribution in [0.25, 0.3) is 0 Å². The van der Waals surface area contributed by atoms with Gasteiger partial charge in [0.15, 0.2) is 12.3 Å². The van der Waals surface area contributed by atoms with Crippen LogP contribution in [0.1, 0.15) is 28.6 Å². The molecule has 146 valence electrons. The molecule has 0 radical (unpaired) electrons. The molecular formula is C18H14FNO8. The van der Waals surface area contributed by atoms with E-state index in [0.29, 0.717) is 10.5 Å². The molecule has 1 N–H and O–H groups in total. The van der Waals surface area contributed by atoms with Crippen molar-refractivity contribution >= 4 is 24.0 Å². The maximum absolute atomic E-state index is 14.7. The van der Waals surface area contributed by atoms with Crippen molar-refractivity contribution in [2.24, 2.45) is 17.8 Å². The van der Waals surface area contributed by atoms with E-state index in [4.69, 9.17) is 14.2 Å². The molecule has 2 heterocycles. The quantitative estimate of drug-likeness (QED) is 0.748. The maximum atomic E-state index is 14.7. The molecular weight excluding hydrogens is 377 g/mol. The van der Waals surface area contributed by atoms with E-state index in [1.165, 1.54) is 0 Å². The van der Waals surface area contributed by atoms with Gasteiger partial charge in [-0.1, -0.05) is 18.2 Å². The molecule has 1 spiro atoms. The van der Waals surface area contributed by atoms with Crippen LogP contribution in [0.3, 0.4) is 0 Å². The van der Waals surface area contributed by atoms with E-state index in [2.05, 4.69) is 0 Å². The van der Waals surface area contributed by atoms with E-state index in [9.17, 15) is 28.7 Å². The fraction of sp³-hybridized carbons (Fsp3) is 0.444. The van der Waals surface area contributed by atoms with Gasteiger partial charge in [-0.3, -0.25) is 9.69 Å². The van der Waals surface area contributed by atoms with E-state index in [0.717, 1.165) is 0 Å². The van der Waals surface area contributed by atoms with Crippen molar-refractivity contribution in [2.75, 3.05) is 6.73 Å². The Bertz CT molecular complexity index is 934. The Hall–Kier alpha value is -3.17. The number of alkyl halides is 1. The summed E-state index contributed by atoms with van der Waals surface area (Å²) in [4.78, 5) is 48.9. The number of rotatable bonds is 2. The lowest BCUT2D eigenvalue weighted by Crippen LogP contribution is -2.58. The minimum atomic E-state index is -2.02. The number of esters is 3. The predicted octanol–water partition coefficient (Wildman–Crippen LogP) is 1.24. The van der Waals surface area contributed by atoms with Gasteiger partial charge in [-0.2, -0.15) is 0 Å². The predicted molar refractivity (Wildman–Crippen MR) is 84.2 cm³/mol. The van der Waals surface area contributed by atoms with Gasteiger partial charge in [0.25, 0.3) is 6.29 Å². The van der Waals surface area contributed by atoms with Crippen LogP contribution in [0.4, 0.5) is 9.18 Å². The van der Waals surface area contributed by atoms with E-state index >= 15 is 0 Å². The topological polar surface area (TPSA) is 119 Å². The second-order valence-electron chi connectivity index (χ2n) is 7.28. The highest BCUT2D eigenvalue weighted by Crippen LogP contribution is 2.66. The summed E-state index contributed by atoms with van der Waals surface area (Å²) >= 11 is 0. The second kappa shape index (κ2) is 5.43. The van der Waals surface area contributed by atoms with Crippen molar-refractivity contribution in [1.82, 2.24) is 4.90 Å². The Morgan fingerprint density at radius 3 is 2.79 bits per heavy atom. The molecule has 9 nitrogen and oxygen atoms in total. The highest BCUT2D eigenvalue weighted by atomic mass is 19.1. The molecule has 2 saturated carbocycles. The molecule has 3 fully saturated rings. The molecule has 4 aliphatic rings. The number of carbonyl (C=O) groups is 4. The maximum Gasteiger partial charge on any atom is 0.411 e. The molecule has 2 aliphatic heterocycles. The Kier molecular flexibility index (Phi) is 3.29. The SMILES string of the molecule is O=C1OC(OC(=O)C2C3CC(F)C4(C(=O)OCN4C(=O)O)C32)c2ccccc21. The van der Waals surface area contributed by atoms with Crippen LogP contribution in [0, 0.1) is 17.8 Å². The lowest BCUT2D eigenvalue weighted by atomic mass is 9.88. The smallest absolute Gasteiger partial charge is 0.411 e. The second-order valence-corrected chi connectivity index (χ2v) is 7.28. The fourth-order valence-electron chi connectivity index (χ4n) is 4.88. The molecule has 5 rings (SSSR count). The van der Waals surface area contributed by atoms with Gasteiger partial charge < -0.3 is 19.3 Å². The van der Waals surface area contributed by atoms with E-state index < -0.39 is 66.5 Å². The van der Waals surface area contributed by atoms with Crippen LogP contribution in [0.2, 0.25) is 0 Å². The van der Waals surface area contributed by atoms with Gasteiger partial charge in [-0.25, -0.2) is 18.8 Å². The first-order valence-electron chi connectivity index (χ1n) is 8.69. The fourth-order valence-corrected chi connectivity index (χ4v) is 4.88. The molecule has 1 amide bonds. The average molecular weight is 391 g/mol. The van der Waals surface area contributed by atoms with Crippen molar-refractivity contribution in [1.29, 1.82) is 0 Å². The van der Waals surface area contributed by atoms with E-state index in [1.54, 1.807) is 24.3 Å². The molecule has 1 aromatic carbocycles. The molecule has 2 aliphatic carbocycles. The van der Waals surface area contributed by atoms with Gasteiger partial charge in [0.1, 0.15) is 6.17 Å². The Morgan fingerprint density at radius 2 is 2.04 bits per heavy atom. The van der Waals surface area contributed by atoms with Crippen LogP contribution in [0.5, 0.6) is 0 Å². The van der Waals surface area contributed by atoms with E-state index in [-0.39, 0.29) is 12.0 Å². The van der Waals surface area contributed by atoms with Gasteiger partial charge in [0.05, 0.1) is 11.5 Å². The number of amides is 1. The van der Waals surface area contributed by atoms with Gasteiger partial charge in [-0.05, 0) is 18.4 Å². The number of fused-ring (bicyclic) bond motifs is 3. The minimum absolute atomic E-state index is 0.148. The first-order valence-corrected chi connectivity index (χ1v) is 8.69. The number of carboxylic acid groups (broad SMARTS) is 1. The number of ether oxygens (including phenoxy) is 3. The summed E-state index contributed by atoms with van der Waals surface area (Å²) in [6.45, 7) is -0.576. The molecule has 28 heavy (non-hydrogen) atoms. The Balaban J connectivity index is 1.39. The summed E-state index contributed by atoms with van der Waals surface area (Å²) in [5.41, 5.74) is -1.34. The standard InChI is InChI=1S/C18H14FNO8/c19-10-5-9-11(12(9)18(10)16(23)26-6-20(18)17(24)25)14(22)28-15-8-4-2-1-3-7(8)13(21)27-15/h1-4,9-12,15H,5-6H2,(H,24,25). The van der Waals surface area contributed by atoms with E-state index in [1.807, 2.05) is 0 Å². The summed E-state index contributed by atoms with van der Waals surface area (Å²) < 4.78 is 29.9. The van der Waals surface area contributed by atoms with Crippen LogP contribution in [0.15, 0.2) is 24.3 Å². The third-order valence-electron chi connectivity index (χ3n) is 6.11. The largest absolute Gasteiger partial charge is 0.465 e. The summed E-state index contributed by atoms with van der Waals surface area (Å²) in [6.07, 6.45) is -4.63. The average Bonchev–Trinajstić information content (AvgIpc) is 2.94. The normalized spacial score (nSPS) is 37.3. The van der Waals surface area contributed by atoms with Crippen molar-refractivity contribution in [3.63, 3.8) is 0 Å². The first kappa shape index (κ1) is 17.0. The molecule has 0 aromatic heterocycles.